The molecule has 9 heteroatoms. The number of hydrogen-bond acceptors (Lipinski definition) is 6. The molecule has 1 aromatic heterocycles. The van der Waals surface area contributed by atoms with Gasteiger partial charge >= 0.3 is 0 Å². The van der Waals surface area contributed by atoms with E-state index in [1.807, 2.05) is 24.3 Å². The van der Waals surface area contributed by atoms with Gasteiger partial charge in [0, 0.05) is 17.8 Å². The average Bonchev–Trinajstić information content (AvgIpc) is 2.77. The van der Waals surface area contributed by atoms with E-state index in [1.165, 1.54) is 6.33 Å². The lowest BCUT2D eigenvalue weighted by Gasteiger charge is -2.32. The van der Waals surface area contributed by atoms with Gasteiger partial charge in [-0.15, -0.1) is 0 Å². The number of nitrogens with zero attached hydrogens (tertiary/aromatic N) is 3. The van der Waals surface area contributed by atoms with Crippen LogP contribution in [0.3, 0.4) is 0 Å². The number of carbonyl (C=O) groups excluding carboxylic acids is 1. The second-order valence-electron chi connectivity index (χ2n) is 6.82. The Morgan fingerprint density at radius 2 is 2.03 bits per heavy atom. The lowest BCUT2D eigenvalue weighted by Crippen LogP contribution is -2.47. The average molecular weight is 423 g/mol. The van der Waals surface area contributed by atoms with Crippen molar-refractivity contribution in [3.63, 3.8) is 0 Å². The van der Waals surface area contributed by atoms with E-state index in [2.05, 4.69) is 15.3 Å². The molecular formula is C21H21N5O3S. The van der Waals surface area contributed by atoms with Crippen molar-refractivity contribution < 1.29 is 14.3 Å². The largest absolute Gasteiger partial charge is 0.474 e. The smallest absolute Gasteiger partial charge is 0.254 e. The molecule has 1 atom stereocenters. The van der Waals surface area contributed by atoms with E-state index >= 15 is 0 Å². The number of para-hydroxylation sites is 1. The van der Waals surface area contributed by atoms with Crippen LogP contribution in [0.5, 0.6) is 5.88 Å². The normalized spacial score (nSPS) is 16.3. The number of aromatic nitrogens is 2. The maximum Gasteiger partial charge on any atom is 0.254 e. The summed E-state index contributed by atoms with van der Waals surface area (Å²) in [6, 6.07) is 14.7. The van der Waals surface area contributed by atoms with E-state index in [0.717, 1.165) is 16.6 Å². The molecule has 1 unspecified atom stereocenters. The van der Waals surface area contributed by atoms with Gasteiger partial charge in [-0.1, -0.05) is 12.1 Å². The summed E-state index contributed by atoms with van der Waals surface area (Å²) in [5, 5.41) is 3.86. The Morgan fingerprint density at radius 3 is 2.83 bits per heavy atom. The molecule has 0 saturated carbocycles. The zero-order chi connectivity index (χ0) is 20.9. The minimum atomic E-state index is -0.244. The second kappa shape index (κ2) is 9.02. The van der Waals surface area contributed by atoms with E-state index in [0.29, 0.717) is 37.7 Å². The molecule has 4 rings (SSSR count). The van der Waals surface area contributed by atoms with Gasteiger partial charge in [0.2, 0.25) is 5.88 Å². The third kappa shape index (κ3) is 4.64. The molecule has 0 aliphatic carbocycles. The number of anilines is 1. The summed E-state index contributed by atoms with van der Waals surface area (Å²) >= 11 is 4.82. The predicted octanol–water partition coefficient (Wildman–Crippen LogP) is 2.21. The molecule has 154 valence electrons. The minimum absolute atomic E-state index is 0.0577. The SMILES string of the molecule is NC(=S)Nc1ccc(C(=O)N2CCOC(COc3ncnc4ccccc34)C2)cc1. The summed E-state index contributed by atoms with van der Waals surface area (Å²) in [4.78, 5) is 23.1. The number of ether oxygens (including phenoxy) is 2. The van der Waals surface area contributed by atoms with Gasteiger partial charge in [0.1, 0.15) is 19.0 Å². The first-order valence-electron chi connectivity index (χ1n) is 9.50. The van der Waals surface area contributed by atoms with E-state index in [4.69, 9.17) is 27.4 Å². The molecule has 0 spiro atoms. The molecule has 8 nitrogen and oxygen atoms in total. The Morgan fingerprint density at radius 1 is 1.23 bits per heavy atom. The fraction of sp³-hybridized carbons (Fsp3) is 0.238. The van der Waals surface area contributed by atoms with Gasteiger partial charge < -0.3 is 25.4 Å². The summed E-state index contributed by atoms with van der Waals surface area (Å²) in [6.45, 7) is 1.71. The molecule has 2 aromatic carbocycles. The Bertz CT molecular complexity index is 1050. The Kier molecular flexibility index (Phi) is 6.01. The number of benzene rings is 2. The molecule has 3 aromatic rings. The number of carbonyl (C=O) groups is 1. The monoisotopic (exact) mass is 423 g/mol. The summed E-state index contributed by atoms with van der Waals surface area (Å²) in [7, 11) is 0. The molecule has 2 heterocycles. The quantitative estimate of drug-likeness (QED) is 0.602. The third-order valence-electron chi connectivity index (χ3n) is 4.74. The first-order valence-corrected chi connectivity index (χ1v) is 9.91. The van der Waals surface area contributed by atoms with Gasteiger partial charge in [-0.2, -0.15) is 0 Å². The number of hydrogen-bond donors (Lipinski definition) is 2. The van der Waals surface area contributed by atoms with Crippen molar-refractivity contribution in [2.24, 2.45) is 5.73 Å². The van der Waals surface area contributed by atoms with E-state index in [-0.39, 0.29) is 17.1 Å². The standard InChI is InChI=1S/C21H21N5O3S/c22-21(30)25-15-7-5-14(6-8-15)20(27)26-9-10-28-16(11-26)12-29-19-17-3-1-2-4-18(17)23-13-24-19/h1-8,13,16H,9-12H2,(H3,22,25,30). The van der Waals surface area contributed by atoms with Crippen molar-refractivity contribution >= 4 is 39.8 Å². The van der Waals surface area contributed by atoms with Crippen LogP contribution in [0, 0.1) is 0 Å². The van der Waals surface area contributed by atoms with Crippen LogP contribution in [-0.4, -0.2) is 58.3 Å². The highest BCUT2D eigenvalue weighted by molar-refractivity contribution is 7.80. The van der Waals surface area contributed by atoms with Crippen LogP contribution in [0.25, 0.3) is 10.9 Å². The maximum atomic E-state index is 12.9. The van der Waals surface area contributed by atoms with Crippen molar-refractivity contribution in [2.45, 2.75) is 6.10 Å². The van der Waals surface area contributed by atoms with Crippen LogP contribution in [-0.2, 0) is 4.74 Å². The van der Waals surface area contributed by atoms with Gasteiger partial charge in [0.25, 0.3) is 5.91 Å². The van der Waals surface area contributed by atoms with E-state index in [1.54, 1.807) is 29.2 Å². The molecule has 0 radical (unpaired) electrons. The Labute approximate surface area is 179 Å². The number of morpholine rings is 1. The summed E-state index contributed by atoms with van der Waals surface area (Å²) in [5.74, 6) is 0.450. The zero-order valence-electron chi connectivity index (χ0n) is 16.2. The lowest BCUT2D eigenvalue weighted by molar-refractivity contribution is -0.0405. The Balaban J connectivity index is 1.38. The summed E-state index contributed by atoms with van der Waals surface area (Å²) in [6.07, 6.45) is 1.23. The van der Waals surface area contributed by atoms with Crippen LogP contribution < -0.4 is 15.8 Å². The van der Waals surface area contributed by atoms with Crippen molar-refractivity contribution in [3.8, 4) is 5.88 Å². The topological polar surface area (TPSA) is 103 Å². The highest BCUT2D eigenvalue weighted by Gasteiger charge is 2.26. The number of rotatable bonds is 5. The molecule has 30 heavy (non-hydrogen) atoms. The van der Waals surface area contributed by atoms with Crippen molar-refractivity contribution in [3.05, 3.63) is 60.4 Å². The molecule has 1 aliphatic rings. The third-order valence-corrected chi connectivity index (χ3v) is 4.84. The molecule has 3 N–H and O–H groups in total. The van der Waals surface area contributed by atoms with Gasteiger partial charge in [-0.3, -0.25) is 4.79 Å². The molecular weight excluding hydrogens is 402 g/mol. The van der Waals surface area contributed by atoms with Gasteiger partial charge in [0.15, 0.2) is 5.11 Å². The van der Waals surface area contributed by atoms with Crippen molar-refractivity contribution in [2.75, 3.05) is 31.6 Å². The second-order valence-corrected chi connectivity index (χ2v) is 7.26. The molecule has 0 bridgehead atoms. The first kappa shape index (κ1) is 20.0. The van der Waals surface area contributed by atoms with Crippen LogP contribution in [0.1, 0.15) is 10.4 Å². The van der Waals surface area contributed by atoms with Crippen LogP contribution in [0.4, 0.5) is 5.69 Å². The minimum Gasteiger partial charge on any atom is -0.474 e. The van der Waals surface area contributed by atoms with E-state index in [9.17, 15) is 4.79 Å². The van der Waals surface area contributed by atoms with Gasteiger partial charge in [-0.05, 0) is 48.6 Å². The fourth-order valence-corrected chi connectivity index (χ4v) is 3.41. The lowest BCUT2D eigenvalue weighted by atomic mass is 10.1. The van der Waals surface area contributed by atoms with Crippen LogP contribution >= 0.6 is 12.2 Å². The van der Waals surface area contributed by atoms with Crippen LogP contribution in [0.15, 0.2) is 54.9 Å². The number of fused-ring (bicyclic) bond motifs is 1. The number of thiocarbonyl (C=S) groups is 1. The first-order chi connectivity index (χ1) is 14.6. The van der Waals surface area contributed by atoms with Gasteiger partial charge in [0.05, 0.1) is 24.1 Å². The van der Waals surface area contributed by atoms with Gasteiger partial charge in [-0.25, -0.2) is 9.97 Å². The van der Waals surface area contributed by atoms with Crippen molar-refractivity contribution in [1.29, 1.82) is 0 Å². The highest BCUT2D eigenvalue weighted by Crippen LogP contribution is 2.21. The highest BCUT2D eigenvalue weighted by atomic mass is 32.1. The molecule has 1 fully saturated rings. The fourth-order valence-electron chi connectivity index (χ4n) is 3.29. The molecule has 1 amide bonds. The predicted molar refractivity (Wildman–Crippen MR) is 118 cm³/mol. The van der Waals surface area contributed by atoms with Crippen LogP contribution in [0.2, 0.25) is 0 Å². The summed E-state index contributed by atoms with van der Waals surface area (Å²) in [5.41, 5.74) is 7.61. The molecule has 1 aliphatic heterocycles. The molecule has 1 saturated heterocycles. The number of amides is 1. The zero-order valence-corrected chi connectivity index (χ0v) is 17.0. The van der Waals surface area contributed by atoms with Crippen molar-refractivity contribution in [1.82, 2.24) is 14.9 Å². The number of nitrogens with one attached hydrogen (secondary N) is 1. The maximum absolute atomic E-state index is 12.9. The summed E-state index contributed by atoms with van der Waals surface area (Å²) < 4.78 is 11.7. The number of nitrogens with two attached hydrogens (primary N) is 1. The van der Waals surface area contributed by atoms with E-state index < -0.39 is 0 Å². The Hall–Kier alpha value is -3.30.